The SMILES string of the molecule is COC(COCCNC(=O)C1(c2ccc(Cl)cc2)CC1)OC. The van der Waals surface area contributed by atoms with Crippen molar-refractivity contribution in [3.05, 3.63) is 34.9 Å². The molecule has 5 nitrogen and oxygen atoms in total. The Hall–Kier alpha value is -1.14. The Morgan fingerprint density at radius 1 is 1.27 bits per heavy atom. The number of amides is 1. The van der Waals surface area contributed by atoms with E-state index in [4.69, 9.17) is 25.8 Å². The second-order valence-electron chi connectivity index (χ2n) is 5.32. The molecule has 0 spiro atoms. The Bertz CT molecular complexity index is 483. The predicted octanol–water partition coefficient (Wildman–Crippen LogP) is 2.12. The van der Waals surface area contributed by atoms with Gasteiger partial charge < -0.3 is 19.5 Å². The zero-order chi connectivity index (χ0) is 16.0. The van der Waals surface area contributed by atoms with E-state index in [0.717, 1.165) is 18.4 Å². The molecule has 1 fully saturated rings. The van der Waals surface area contributed by atoms with Crippen molar-refractivity contribution in [2.24, 2.45) is 0 Å². The van der Waals surface area contributed by atoms with Crippen LogP contribution in [-0.2, 0) is 24.4 Å². The standard InChI is InChI=1S/C16H22ClNO4/c1-20-14(21-2)11-22-10-9-18-15(19)16(7-8-16)12-3-5-13(17)6-4-12/h3-6,14H,7-11H2,1-2H3,(H,18,19). The second-order valence-corrected chi connectivity index (χ2v) is 5.76. The van der Waals surface area contributed by atoms with Crippen LogP contribution in [0.3, 0.4) is 0 Å². The van der Waals surface area contributed by atoms with Crippen molar-refractivity contribution in [2.45, 2.75) is 24.5 Å². The topological polar surface area (TPSA) is 56.8 Å². The van der Waals surface area contributed by atoms with Gasteiger partial charge in [-0.25, -0.2) is 0 Å². The minimum absolute atomic E-state index is 0.0495. The van der Waals surface area contributed by atoms with Crippen LogP contribution in [0, 0.1) is 0 Å². The number of hydrogen-bond donors (Lipinski definition) is 1. The van der Waals surface area contributed by atoms with Gasteiger partial charge in [0.2, 0.25) is 5.91 Å². The molecule has 0 radical (unpaired) electrons. The van der Waals surface area contributed by atoms with Crippen LogP contribution in [0.4, 0.5) is 0 Å². The number of methoxy groups -OCH3 is 2. The van der Waals surface area contributed by atoms with Gasteiger partial charge in [-0.3, -0.25) is 4.79 Å². The van der Waals surface area contributed by atoms with E-state index < -0.39 is 0 Å². The summed E-state index contributed by atoms with van der Waals surface area (Å²) >= 11 is 5.89. The van der Waals surface area contributed by atoms with E-state index in [2.05, 4.69) is 5.32 Å². The third-order valence-corrected chi connectivity index (χ3v) is 4.15. The van der Waals surface area contributed by atoms with Crippen LogP contribution in [0.15, 0.2) is 24.3 Å². The Morgan fingerprint density at radius 2 is 1.91 bits per heavy atom. The lowest BCUT2D eigenvalue weighted by atomic mass is 9.95. The Kier molecular flexibility index (Phi) is 6.20. The molecule has 22 heavy (non-hydrogen) atoms. The molecule has 6 heteroatoms. The molecule has 1 N–H and O–H groups in total. The van der Waals surface area contributed by atoms with E-state index in [1.54, 1.807) is 14.2 Å². The molecule has 0 heterocycles. The first-order valence-electron chi connectivity index (χ1n) is 7.30. The summed E-state index contributed by atoms with van der Waals surface area (Å²) in [7, 11) is 3.12. The first-order valence-corrected chi connectivity index (χ1v) is 7.68. The average Bonchev–Trinajstić information content (AvgIpc) is 3.33. The van der Waals surface area contributed by atoms with Crippen LogP contribution >= 0.6 is 11.6 Å². The maximum atomic E-state index is 12.4. The Balaban J connectivity index is 1.74. The smallest absolute Gasteiger partial charge is 0.230 e. The van der Waals surface area contributed by atoms with Gasteiger partial charge in [0.05, 0.1) is 18.6 Å². The lowest BCUT2D eigenvalue weighted by molar-refractivity contribution is -0.140. The maximum absolute atomic E-state index is 12.4. The van der Waals surface area contributed by atoms with Crippen LogP contribution in [0.2, 0.25) is 5.02 Å². The molecule has 0 aliphatic heterocycles. The molecule has 1 aromatic rings. The third-order valence-electron chi connectivity index (χ3n) is 3.89. The van der Waals surface area contributed by atoms with Gasteiger partial charge in [0.1, 0.15) is 0 Å². The molecule has 2 rings (SSSR count). The van der Waals surface area contributed by atoms with Gasteiger partial charge in [0.25, 0.3) is 0 Å². The van der Waals surface area contributed by atoms with Crippen molar-refractivity contribution < 1.29 is 19.0 Å². The van der Waals surface area contributed by atoms with Gasteiger partial charge in [0, 0.05) is 25.8 Å². The molecule has 0 bridgehead atoms. The van der Waals surface area contributed by atoms with Crippen LogP contribution < -0.4 is 5.32 Å². The van der Waals surface area contributed by atoms with Gasteiger partial charge in [0.15, 0.2) is 6.29 Å². The first-order chi connectivity index (χ1) is 10.6. The summed E-state index contributed by atoms with van der Waals surface area (Å²) in [5.41, 5.74) is 0.640. The van der Waals surface area contributed by atoms with Crippen molar-refractivity contribution in [1.82, 2.24) is 5.32 Å². The summed E-state index contributed by atoms with van der Waals surface area (Å²) in [6, 6.07) is 7.49. The van der Waals surface area contributed by atoms with Crippen molar-refractivity contribution in [3.8, 4) is 0 Å². The molecule has 1 aliphatic rings. The lowest BCUT2D eigenvalue weighted by Gasteiger charge is -2.17. The number of carbonyl (C=O) groups excluding carboxylic acids is 1. The normalized spacial score (nSPS) is 15.8. The molecule has 1 aliphatic carbocycles. The molecule has 122 valence electrons. The van der Waals surface area contributed by atoms with Crippen molar-refractivity contribution >= 4 is 17.5 Å². The highest BCUT2D eigenvalue weighted by molar-refractivity contribution is 6.30. The van der Waals surface area contributed by atoms with E-state index >= 15 is 0 Å². The third kappa shape index (κ3) is 4.20. The molecule has 0 aromatic heterocycles. The highest BCUT2D eigenvalue weighted by atomic mass is 35.5. The summed E-state index contributed by atoms with van der Waals surface area (Å²) in [6.45, 7) is 1.23. The fraction of sp³-hybridized carbons (Fsp3) is 0.562. The Morgan fingerprint density at radius 3 is 2.45 bits per heavy atom. The van der Waals surface area contributed by atoms with E-state index in [9.17, 15) is 4.79 Å². The number of ether oxygens (including phenoxy) is 3. The number of benzene rings is 1. The van der Waals surface area contributed by atoms with E-state index in [1.807, 2.05) is 24.3 Å². The van der Waals surface area contributed by atoms with Gasteiger partial charge >= 0.3 is 0 Å². The number of halogens is 1. The molecule has 0 saturated heterocycles. The molecular weight excluding hydrogens is 306 g/mol. The fourth-order valence-electron chi connectivity index (χ4n) is 2.36. The largest absolute Gasteiger partial charge is 0.374 e. The van der Waals surface area contributed by atoms with Crippen LogP contribution in [0.1, 0.15) is 18.4 Å². The lowest BCUT2D eigenvalue weighted by Crippen LogP contribution is -2.37. The van der Waals surface area contributed by atoms with Crippen LogP contribution in [0.5, 0.6) is 0 Å². The zero-order valence-corrected chi connectivity index (χ0v) is 13.7. The first kappa shape index (κ1) is 17.2. The van der Waals surface area contributed by atoms with Gasteiger partial charge in [-0.15, -0.1) is 0 Å². The summed E-state index contributed by atoms with van der Waals surface area (Å²) < 4.78 is 15.4. The van der Waals surface area contributed by atoms with Crippen molar-refractivity contribution in [3.63, 3.8) is 0 Å². The minimum Gasteiger partial charge on any atom is -0.374 e. The number of carbonyl (C=O) groups is 1. The molecule has 1 amide bonds. The van der Waals surface area contributed by atoms with E-state index in [-0.39, 0.29) is 17.6 Å². The number of hydrogen-bond acceptors (Lipinski definition) is 4. The summed E-state index contributed by atoms with van der Waals surface area (Å²) in [5, 5.41) is 3.61. The van der Waals surface area contributed by atoms with E-state index in [0.29, 0.717) is 24.8 Å². The summed E-state index contributed by atoms with van der Waals surface area (Å²) in [5.74, 6) is 0.0495. The maximum Gasteiger partial charge on any atom is 0.230 e. The predicted molar refractivity (Wildman–Crippen MR) is 84.0 cm³/mol. The van der Waals surface area contributed by atoms with E-state index in [1.165, 1.54) is 0 Å². The van der Waals surface area contributed by atoms with Crippen LogP contribution in [-0.4, -0.2) is 46.2 Å². The summed E-state index contributed by atoms with van der Waals surface area (Å²) in [6.07, 6.45) is 1.37. The average molecular weight is 328 g/mol. The van der Waals surface area contributed by atoms with Crippen molar-refractivity contribution in [1.29, 1.82) is 0 Å². The highest BCUT2D eigenvalue weighted by Gasteiger charge is 2.50. The van der Waals surface area contributed by atoms with Gasteiger partial charge in [-0.2, -0.15) is 0 Å². The summed E-state index contributed by atoms with van der Waals surface area (Å²) in [4.78, 5) is 12.4. The fourth-order valence-corrected chi connectivity index (χ4v) is 2.48. The Labute approximate surface area is 135 Å². The minimum atomic E-state index is -0.383. The van der Waals surface area contributed by atoms with Gasteiger partial charge in [-0.1, -0.05) is 23.7 Å². The molecular formula is C16H22ClNO4. The van der Waals surface area contributed by atoms with Crippen LogP contribution in [0.25, 0.3) is 0 Å². The number of rotatable bonds is 9. The van der Waals surface area contributed by atoms with Gasteiger partial charge in [-0.05, 0) is 30.5 Å². The highest BCUT2D eigenvalue weighted by Crippen LogP contribution is 2.48. The zero-order valence-electron chi connectivity index (χ0n) is 12.9. The molecule has 1 saturated carbocycles. The monoisotopic (exact) mass is 327 g/mol. The molecule has 0 unspecified atom stereocenters. The quantitative estimate of drug-likeness (QED) is 0.557. The molecule has 0 atom stereocenters. The second kappa shape index (κ2) is 7.92. The molecule has 1 aromatic carbocycles. The van der Waals surface area contributed by atoms with Crippen molar-refractivity contribution in [2.75, 3.05) is 34.0 Å². The number of nitrogens with one attached hydrogen (secondary N) is 1.